The fourth-order valence-electron chi connectivity index (χ4n) is 9.55. The van der Waals surface area contributed by atoms with Gasteiger partial charge in [-0.3, -0.25) is 14.4 Å². The normalized spacial score (nSPS) is 35.5. The van der Waals surface area contributed by atoms with Crippen molar-refractivity contribution in [1.29, 1.82) is 0 Å². The average Bonchev–Trinajstić information content (AvgIpc) is 3.08. The lowest BCUT2D eigenvalue weighted by Gasteiger charge is -2.68. The van der Waals surface area contributed by atoms with Crippen LogP contribution in [0, 0.1) is 16.7 Å². The molecule has 278 valence electrons. The highest BCUT2D eigenvalue weighted by molar-refractivity contribution is 6.73. The van der Waals surface area contributed by atoms with Crippen LogP contribution in [0.1, 0.15) is 85.5 Å². The summed E-state index contributed by atoms with van der Waals surface area (Å²) in [4.78, 5) is 59.0. The summed E-state index contributed by atoms with van der Waals surface area (Å²) in [6.07, 6.45) is -4.80. The van der Waals surface area contributed by atoms with E-state index in [9.17, 15) is 25.0 Å². The van der Waals surface area contributed by atoms with Crippen molar-refractivity contribution >= 4 is 32.0 Å². The minimum atomic E-state index is -2.50. The third-order valence-corrected chi connectivity index (χ3v) is 17.3. The molecular weight excluding hydrogens is 675 g/mol. The molecule has 3 fully saturated rings. The first-order chi connectivity index (χ1) is 23.9. The van der Waals surface area contributed by atoms with Gasteiger partial charge in [-0.05, 0) is 61.6 Å². The van der Waals surface area contributed by atoms with Crippen LogP contribution in [0.5, 0.6) is 0 Å². The van der Waals surface area contributed by atoms with Crippen LogP contribution in [0.4, 0.5) is 0 Å². The Balaban J connectivity index is 1.91. The number of ketones is 1. The summed E-state index contributed by atoms with van der Waals surface area (Å²) in [6.45, 7) is 15.3. The van der Waals surface area contributed by atoms with Gasteiger partial charge in [-0.1, -0.05) is 63.5 Å². The molecule has 0 amide bonds. The molecule has 2 bridgehead atoms. The summed E-state index contributed by atoms with van der Waals surface area (Å²) < 4.78 is 32.1. The SMILES string of the molecule is CC[Si](CC)(CC)O[C@H]1C[C@H]2OC[C@@]2(OC(C)=O)[C@H]2[C@H](OC(=O)c3ccccc3)[C@]3(O)C[C@H](N=[N+]=[N-])C(C)=C([C@@H](OC(C)=O)C(=O)[C@]12C)C3(C)C. The molecular formula is C37H51N3O10Si. The van der Waals surface area contributed by atoms with E-state index in [1.807, 2.05) is 0 Å². The van der Waals surface area contributed by atoms with Gasteiger partial charge in [-0.15, -0.1) is 0 Å². The molecule has 1 aromatic carbocycles. The second-order valence-electron chi connectivity index (χ2n) is 15.3. The Morgan fingerprint density at radius 2 is 1.67 bits per heavy atom. The Kier molecular flexibility index (Phi) is 10.4. The van der Waals surface area contributed by atoms with Crippen LogP contribution < -0.4 is 0 Å². The Bertz CT molecular complexity index is 1650. The van der Waals surface area contributed by atoms with Crippen LogP contribution in [-0.2, 0) is 37.8 Å². The number of rotatable bonds is 10. The first kappa shape index (κ1) is 38.7. The zero-order valence-corrected chi connectivity index (χ0v) is 32.1. The number of fused-ring (bicyclic) bond motifs is 5. The van der Waals surface area contributed by atoms with E-state index in [0.717, 1.165) is 18.1 Å². The van der Waals surface area contributed by atoms with Crippen LogP contribution >= 0.6 is 0 Å². The van der Waals surface area contributed by atoms with E-state index in [-0.39, 0.29) is 30.6 Å². The highest BCUT2D eigenvalue weighted by Crippen LogP contribution is 2.65. The number of carbonyl (C=O) groups is 4. The zero-order chi connectivity index (χ0) is 37.7. The fraction of sp³-hybridized carbons (Fsp3) is 0.676. The molecule has 1 N–H and O–H groups in total. The standard InChI is InChI=1S/C37H51N3O10Si/c1-10-51(11-2,12-3)50-26-18-27-36(20-46-27,49-23(6)42)30-32(48-33(44)24-16-14-13-15-17-24)37(45)19-25(39-40-38)21(4)28(34(37,7)8)29(47-22(5)41)31(43)35(26,30)9/h13-17,25-27,29-30,32,45H,10-12,18-20H2,1-9H3/t25-,26-,27+,29+,30-,32-,35+,36-,37+/m0/s1. The third kappa shape index (κ3) is 5.92. The first-order valence-corrected chi connectivity index (χ1v) is 20.4. The van der Waals surface area contributed by atoms with Crippen molar-refractivity contribution < 1.29 is 47.7 Å². The molecule has 14 heteroatoms. The molecule has 3 aliphatic carbocycles. The number of Topliss-reactive ketones (excluding diaryl/α,β-unsaturated/α-hetero) is 1. The smallest absolute Gasteiger partial charge is 0.338 e. The summed E-state index contributed by atoms with van der Waals surface area (Å²) in [6, 6.07) is 9.51. The molecule has 5 rings (SSSR count). The topological polar surface area (TPSA) is 183 Å². The molecule has 13 nitrogen and oxygen atoms in total. The molecule has 9 atom stereocenters. The number of ether oxygens (including phenoxy) is 4. The predicted molar refractivity (Wildman–Crippen MR) is 188 cm³/mol. The number of azide groups is 1. The number of benzene rings is 1. The third-order valence-electron chi connectivity index (χ3n) is 12.7. The van der Waals surface area contributed by atoms with E-state index in [1.165, 1.54) is 13.8 Å². The Labute approximate surface area is 300 Å². The fourth-order valence-corrected chi connectivity index (χ4v) is 12.5. The molecule has 1 heterocycles. The van der Waals surface area contributed by atoms with Crippen LogP contribution in [0.2, 0.25) is 18.1 Å². The van der Waals surface area contributed by atoms with Crippen molar-refractivity contribution in [2.24, 2.45) is 21.9 Å². The molecule has 1 aliphatic heterocycles. The molecule has 1 aromatic rings. The second-order valence-corrected chi connectivity index (χ2v) is 20.0. The number of hydrogen-bond donors (Lipinski definition) is 1. The maximum absolute atomic E-state index is 15.8. The van der Waals surface area contributed by atoms with Crippen LogP contribution in [0.25, 0.3) is 10.4 Å². The van der Waals surface area contributed by atoms with Gasteiger partial charge in [0.25, 0.3) is 0 Å². The summed E-state index contributed by atoms with van der Waals surface area (Å²) >= 11 is 0. The van der Waals surface area contributed by atoms with Gasteiger partial charge < -0.3 is 28.5 Å². The lowest BCUT2D eigenvalue weighted by Crippen LogP contribution is -2.82. The van der Waals surface area contributed by atoms with E-state index in [2.05, 4.69) is 30.8 Å². The molecule has 2 saturated carbocycles. The van der Waals surface area contributed by atoms with Crippen molar-refractivity contribution in [3.8, 4) is 0 Å². The highest BCUT2D eigenvalue weighted by Gasteiger charge is 2.78. The lowest BCUT2D eigenvalue weighted by molar-refractivity contribution is -0.344. The molecule has 51 heavy (non-hydrogen) atoms. The second kappa shape index (κ2) is 13.8. The van der Waals surface area contributed by atoms with E-state index in [1.54, 1.807) is 58.0 Å². The van der Waals surface area contributed by atoms with Crippen molar-refractivity contribution in [3.63, 3.8) is 0 Å². The van der Waals surface area contributed by atoms with E-state index in [4.69, 9.17) is 23.4 Å². The largest absolute Gasteiger partial charge is 0.455 e. The van der Waals surface area contributed by atoms with E-state index >= 15 is 4.79 Å². The highest BCUT2D eigenvalue weighted by atomic mass is 28.4. The monoisotopic (exact) mass is 725 g/mol. The van der Waals surface area contributed by atoms with Crippen molar-refractivity contribution in [2.45, 2.75) is 135 Å². The number of aliphatic hydroxyl groups is 1. The van der Waals surface area contributed by atoms with Crippen molar-refractivity contribution in [1.82, 2.24) is 0 Å². The number of esters is 3. The Morgan fingerprint density at radius 1 is 1.04 bits per heavy atom. The minimum absolute atomic E-state index is 0.148. The molecule has 0 aromatic heterocycles. The van der Waals surface area contributed by atoms with E-state index in [0.29, 0.717) is 5.57 Å². The first-order valence-electron chi connectivity index (χ1n) is 17.9. The van der Waals surface area contributed by atoms with Gasteiger partial charge in [0, 0.05) is 30.6 Å². The maximum Gasteiger partial charge on any atom is 0.338 e. The average molecular weight is 726 g/mol. The number of carbonyl (C=O) groups excluding carboxylic acids is 4. The summed E-state index contributed by atoms with van der Waals surface area (Å²) in [7, 11) is -2.50. The van der Waals surface area contributed by atoms with Crippen LogP contribution in [0.3, 0.4) is 0 Å². The van der Waals surface area contributed by atoms with Gasteiger partial charge >= 0.3 is 17.9 Å². The van der Waals surface area contributed by atoms with Crippen molar-refractivity contribution in [2.75, 3.05) is 6.61 Å². The van der Waals surface area contributed by atoms with E-state index < -0.39 is 90.4 Å². The van der Waals surface area contributed by atoms with Crippen LogP contribution in [0.15, 0.2) is 46.6 Å². The molecule has 0 unspecified atom stereocenters. The molecule has 1 saturated heterocycles. The Morgan fingerprint density at radius 3 is 2.18 bits per heavy atom. The van der Waals surface area contributed by atoms with Gasteiger partial charge in [0.15, 0.2) is 25.8 Å². The quantitative estimate of drug-likeness (QED) is 0.0571. The molecule has 4 aliphatic rings. The van der Waals surface area contributed by atoms with Crippen molar-refractivity contribution in [3.05, 3.63) is 57.5 Å². The van der Waals surface area contributed by atoms with Gasteiger partial charge in [0.2, 0.25) is 0 Å². The van der Waals surface area contributed by atoms with Gasteiger partial charge in [-0.25, -0.2) is 4.79 Å². The van der Waals surface area contributed by atoms with Gasteiger partial charge in [-0.2, -0.15) is 0 Å². The summed E-state index contributed by atoms with van der Waals surface area (Å²) in [5, 5.41) is 17.5. The maximum atomic E-state index is 15.8. The molecule has 0 radical (unpaired) electrons. The predicted octanol–water partition coefficient (Wildman–Crippen LogP) is 6.00. The molecule has 0 spiro atoms. The number of hydrogen-bond acceptors (Lipinski definition) is 11. The summed E-state index contributed by atoms with van der Waals surface area (Å²) in [5.74, 6) is -3.98. The van der Waals surface area contributed by atoms with Gasteiger partial charge in [0.1, 0.15) is 17.8 Å². The van der Waals surface area contributed by atoms with Gasteiger partial charge in [0.05, 0.1) is 35.6 Å². The minimum Gasteiger partial charge on any atom is -0.455 e. The Hall–Kier alpha value is -3.55. The van der Waals surface area contributed by atoms with Crippen LogP contribution in [-0.4, -0.2) is 85.4 Å². The lowest BCUT2D eigenvalue weighted by atomic mass is 9.44. The summed E-state index contributed by atoms with van der Waals surface area (Å²) in [5.41, 5.74) is 3.82. The number of nitrogens with zero attached hydrogens (tertiary/aromatic N) is 3. The zero-order valence-electron chi connectivity index (χ0n) is 31.1.